The first-order chi connectivity index (χ1) is 12.6. The molecule has 3 atom stereocenters. The molecule has 0 saturated heterocycles. The Morgan fingerprint density at radius 3 is 2.63 bits per heavy atom. The zero-order valence-corrected chi connectivity index (χ0v) is 15.5. The number of carbonyl (C=O) groups excluding carboxylic acids is 1. The molecule has 0 unspecified atom stereocenters. The minimum Gasteiger partial charge on any atom is -0.458 e. The summed E-state index contributed by atoms with van der Waals surface area (Å²) in [7, 11) is 0. The van der Waals surface area contributed by atoms with Crippen LogP contribution < -0.4 is 5.63 Å². The number of hydrogen-bond acceptors (Lipinski definition) is 6. The topological polar surface area (TPSA) is 99.7 Å². The number of carbonyl (C=O) groups is 1. The van der Waals surface area contributed by atoms with Crippen LogP contribution in [-0.2, 0) is 4.74 Å². The van der Waals surface area contributed by atoms with Crippen LogP contribution >= 0.6 is 0 Å². The summed E-state index contributed by atoms with van der Waals surface area (Å²) in [6.45, 7) is 6.56. The highest BCUT2D eigenvalue weighted by Crippen LogP contribution is 2.66. The maximum atomic E-state index is 12.7. The van der Waals surface area contributed by atoms with Gasteiger partial charge in [0.05, 0.1) is 4.92 Å². The van der Waals surface area contributed by atoms with Gasteiger partial charge in [-0.15, -0.1) is 0 Å². The van der Waals surface area contributed by atoms with E-state index in [9.17, 15) is 19.7 Å². The molecule has 2 bridgehead atoms. The van der Waals surface area contributed by atoms with Crippen LogP contribution in [0, 0.1) is 26.9 Å². The second-order valence-electron chi connectivity index (χ2n) is 8.43. The molecule has 1 heterocycles. The van der Waals surface area contributed by atoms with E-state index in [-0.39, 0.29) is 33.8 Å². The van der Waals surface area contributed by atoms with Gasteiger partial charge in [-0.25, -0.2) is 9.59 Å². The molecule has 4 rings (SSSR count). The van der Waals surface area contributed by atoms with Crippen LogP contribution in [0.2, 0.25) is 0 Å². The van der Waals surface area contributed by atoms with Crippen molar-refractivity contribution in [2.75, 3.05) is 0 Å². The zero-order valence-electron chi connectivity index (χ0n) is 15.5. The Morgan fingerprint density at radius 2 is 2.04 bits per heavy atom. The lowest BCUT2D eigenvalue weighted by molar-refractivity contribution is -0.384. The highest BCUT2D eigenvalue weighted by Gasteiger charge is 2.62. The summed E-state index contributed by atoms with van der Waals surface area (Å²) < 4.78 is 10.9. The largest absolute Gasteiger partial charge is 0.458 e. The van der Waals surface area contributed by atoms with Crippen LogP contribution in [0.3, 0.4) is 0 Å². The number of hydrogen-bond donors (Lipinski definition) is 0. The Morgan fingerprint density at radius 1 is 1.30 bits per heavy atom. The molecule has 0 amide bonds. The molecule has 2 aliphatic carbocycles. The fraction of sp³-hybridized carbons (Fsp3) is 0.500. The molecule has 2 aromatic rings. The quantitative estimate of drug-likeness (QED) is 0.349. The first-order valence-corrected chi connectivity index (χ1v) is 9.07. The van der Waals surface area contributed by atoms with Gasteiger partial charge in [0, 0.05) is 22.9 Å². The second-order valence-corrected chi connectivity index (χ2v) is 8.43. The molecule has 2 saturated carbocycles. The minimum atomic E-state index is -0.797. The summed E-state index contributed by atoms with van der Waals surface area (Å²) >= 11 is 0. The monoisotopic (exact) mass is 371 g/mol. The predicted molar refractivity (Wildman–Crippen MR) is 97.6 cm³/mol. The molecular weight excluding hydrogens is 350 g/mol. The van der Waals surface area contributed by atoms with Crippen molar-refractivity contribution in [2.45, 2.75) is 46.1 Å². The predicted octanol–water partition coefficient (Wildman–Crippen LogP) is 4.07. The number of ether oxygens (including phenoxy) is 1. The number of non-ortho nitro benzene ring substituents is 1. The van der Waals surface area contributed by atoms with Crippen LogP contribution in [0.1, 0.15) is 50.4 Å². The smallest absolute Gasteiger partial charge is 0.351 e. The summed E-state index contributed by atoms with van der Waals surface area (Å²) in [4.78, 5) is 35.3. The van der Waals surface area contributed by atoms with Gasteiger partial charge in [0.2, 0.25) is 0 Å². The van der Waals surface area contributed by atoms with Gasteiger partial charge in [-0.05, 0) is 42.7 Å². The van der Waals surface area contributed by atoms with Crippen molar-refractivity contribution in [3.05, 3.63) is 50.4 Å². The fourth-order valence-electron chi connectivity index (χ4n) is 4.87. The summed E-state index contributed by atoms with van der Waals surface area (Å²) in [6, 6.07) is 5.19. The number of nitrogens with zero attached hydrogens (tertiary/aromatic N) is 1. The van der Waals surface area contributed by atoms with E-state index in [2.05, 4.69) is 20.8 Å². The van der Waals surface area contributed by atoms with Gasteiger partial charge in [0.15, 0.2) is 0 Å². The number of rotatable bonds is 3. The van der Waals surface area contributed by atoms with Crippen molar-refractivity contribution in [2.24, 2.45) is 16.7 Å². The number of benzene rings is 1. The Hall–Kier alpha value is -2.70. The highest BCUT2D eigenvalue weighted by molar-refractivity contribution is 5.93. The first-order valence-electron chi connectivity index (χ1n) is 9.07. The third-order valence-electron chi connectivity index (χ3n) is 7.11. The van der Waals surface area contributed by atoms with E-state index in [1.165, 1.54) is 24.3 Å². The maximum absolute atomic E-state index is 12.7. The summed E-state index contributed by atoms with van der Waals surface area (Å²) in [6.07, 6.45) is 2.65. The van der Waals surface area contributed by atoms with E-state index < -0.39 is 16.5 Å². The van der Waals surface area contributed by atoms with E-state index in [0.29, 0.717) is 11.3 Å². The van der Waals surface area contributed by atoms with Gasteiger partial charge in [-0.2, -0.15) is 0 Å². The summed E-state index contributed by atoms with van der Waals surface area (Å²) in [5, 5.41) is 11.3. The van der Waals surface area contributed by atoms with Crippen LogP contribution in [0.5, 0.6) is 0 Å². The molecule has 2 aliphatic rings. The first kappa shape index (κ1) is 17.7. The van der Waals surface area contributed by atoms with Gasteiger partial charge >= 0.3 is 11.6 Å². The Kier molecular flexibility index (Phi) is 3.70. The molecule has 1 aromatic heterocycles. The zero-order chi connectivity index (χ0) is 19.6. The van der Waals surface area contributed by atoms with Crippen LogP contribution in [0.15, 0.2) is 33.5 Å². The third-order valence-corrected chi connectivity index (χ3v) is 7.11. The number of nitro benzene ring substituents is 1. The minimum absolute atomic E-state index is 0.0760. The SMILES string of the molecule is CC1(C)[C@H]2CC[C@@]1(C)[C@H](OC(=O)c1cc3cc([N+](=O)[O-])ccc3oc1=O)C2. The summed E-state index contributed by atoms with van der Waals surface area (Å²) in [5.74, 6) is -0.234. The van der Waals surface area contributed by atoms with E-state index in [1.54, 1.807) is 0 Å². The molecule has 1 aromatic carbocycles. The Labute approximate surface area is 155 Å². The molecule has 7 nitrogen and oxygen atoms in total. The molecule has 142 valence electrons. The second kappa shape index (κ2) is 5.65. The van der Waals surface area contributed by atoms with Gasteiger partial charge in [-0.3, -0.25) is 10.1 Å². The summed E-state index contributed by atoms with van der Waals surface area (Å²) in [5.41, 5.74) is -1.02. The van der Waals surface area contributed by atoms with Crippen LogP contribution in [0.25, 0.3) is 11.0 Å². The maximum Gasteiger partial charge on any atom is 0.351 e. The molecule has 2 fully saturated rings. The molecule has 7 heteroatoms. The molecule has 0 spiro atoms. The molecule has 0 aliphatic heterocycles. The molecule has 0 N–H and O–H groups in total. The van der Waals surface area contributed by atoms with Gasteiger partial charge < -0.3 is 9.15 Å². The van der Waals surface area contributed by atoms with Gasteiger partial charge in [0.25, 0.3) is 5.69 Å². The average molecular weight is 371 g/mol. The van der Waals surface area contributed by atoms with Gasteiger partial charge in [0.1, 0.15) is 17.3 Å². The fourth-order valence-corrected chi connectivity index (χ4v) is 4.87. The standard InChI is InChI=1S/C20H21NO6/c1-19(2)12-6-7-20(19,3)16(10-12)27-18(23)14-9-11-8-13(21(24)25)4-5-15(11)26-17(14)22/h4-5,8-9,12,16H,6-7,10H2,1-3H3/t12-,16+,20-/m0/s1. The van der Waals surface area contributed by atoms with Gasteiger partial charge in [-0.1, -0.05) is 20.8 Å². The van der Waals surface area contributed by atoms with Crippen molar-refractivity contribution in [1.29, 1.82) is 0 Å². The van der Waals surface area contributed by atoms with Crippen LogP contribution in [-0.4, -0.2) is 17.0 Å². The van der Waals surface area contributed by atoms with E-state index >= 15 is 0 Å². The lowest BCUT2D eigenvalue weighted by Gasteiger charge is -2.38. The van der Waals surface area contributed by atoms with Crippen molar-refractivity contribution >= 4 is 22.6 Å². The average Bonchev–Trinajstić information content (AvgIpc) is 2.94. The number of fused-ring (bicyclic) bond motifs is 3. The Balaban J connectivity index is 1.66. The van der Waals surface area contributed by atoms with E-state index in [4.69, 9.17) is 9.15 Å². The number of nitro groups is 1. The van der Waals surface area contributed by atoms with Crippen LogP contribution in [0.4, 0.5) is 5.69 Å². The van der Waals surface area contributed by atoms with E-state index in [1.807, 2.05) is 0 Å². The van der Waals surface area contributed by atoms with Crippen molar-refractivity contribution in [3.63, 3.8) is 0 Å². The van der Waals surface area contributed by atoms with Crippen molar-refractivity contribution in [3.8, 4) is 0 Å². The lowest BCUT2D eigenvalue weighted by atomic mass is 9.70. The highest BCUT2D eigenvalue weighted by atomic mass is 16.6. The Bertz CT molecular complexity index is 1020. The van der Waals surface area contributed by atoms with Crippen molar-refractivity contribution in [1.82, 2.24) is 0 Å². The third kappa shape index (κ3) is 2.48. The molecule has 0 radical (unpaired) electrons. The normalized spacial score (nSPS) is 28.4. The van der Waals surface area contributed by atoms with E-state index in [0.717, 1.165) is 19.3 Å². The molecule has 27 heavy (non-hydrogen) atoms. The lowest BCUT2D eigenvalue weighted by Crippen LogP contribution is -2.38. The van der Waals surface area contributed by atoms with Crippen molar-refractivity contribution < 1.29 is 18.9 Å². The molecular formula is C20H21NO6. The number of esters is 1.